The topological polar surface area (TPSA) is 110 Å². The van der Waals surface area contributed by atoms with Crippen molar-refractivity contribution in [2.45, 2.75) is 6.54 Å². The number of para-hydroxylation sites is 1. The molecule has 7 nitrogen and oxygen atoms in total. The Labute approximate surface area is 107 Å². The highest BCUT2D eigenvalue weighted by molar-refractivity contribution is 6.33. The minimum atomic E-state index is -0.493. The van der Waals surface area contributed by atoms with Crippen molar-refractivity contribution in [1.29, 1.82) is 0 Å². The van der Waals surface area contributed by atoms with Gasteiger partial charge < -0.3 is 11.1 Å². The zero-order valence-corrected chi connectivity index (χ0v) is 9.94. The van der Waals surface area contributed by atoms with Crippen LogP contribution in [0.5, 0.6) is 0 Å². The van der Waals surface area contributed by atoms with E-state index in [1.54, 1.807) is 12.3 Å². The standard InChI is InChI=1S/C10H10ClN5O2/c11-7-2-1-3-8(16(17)18)9(7)13-4-6-5-14-15-10(6)12/h1-3,5,13H,4H2,(H3,12,14,15). The number of nitro benzene ring substituents is 1. The number of nitrogens with two attached hydrogens (primary N) is 1. The molecular formula is C10H10ClN5O2. The zero-order chi connectivity index (χ0) is 13.1. The van der Waals surface area contributed by atoms with Crippen LogP contribution in [0, 0.1) is 10.1 Å². The molecule has 0 aliphatic rings. The fourth-order valence-corrected chi connectivity index (χ4v) is 1.72. The van der Waals surface area contributed by atoms with Crippen LogP contribution in [0.3, 0.4) is 0 Å². The van der Waals surface area contributed by atoms with Crippen molar-refractivity contribution in [1.82, 2.24) is 10.2 Å². The summed E-state index contributed by atoms with van der Waals surface area (Å²) in [6.45, 7) is 0.299. The van der Waals surface area contributed by atoms with Crippen LogP contribution in [-0.2, 0) is 6.54 Å². The van der Waals surface area contributed by atoms with Gasteiger partial charge in [-0.05, 0) is 6.07 Å². The number of benzene rings is 1. The van der Waals surface area contributed by atoms with Gasteiger partial charge in [-0.15, -0.1) is 0 Å². The number of halogens is 1. The maximum Gasteiger partial charge on any atom is 0.293 e. The first-order chi connectivity index (χ1) is 8.59. The highest BCUT2D eigenvalue weighted by Crippen LogP contribution is 2.32. The fourth-order valence-electron chi connectivity index (χ4n) is 1.49. The average molecular weight is 268 g/mol. The van der Waals surface area contributed by atoms with Crippen molar-refractivity contribution in [3.8, 4) is 0 Å². The largest absolute Gasteiger partial charge is 0.384 e. The fraction of sp³-hybridized carbons (Fsp3) is 0.100. The highest BCUT2D eigenvalue weighted by Gasteiger charge is 2.16. The van der Waals surface area contributed by atoms with E-state index in [1.165, 1.54) is 12.1 Å². The molecule has 0 amide bonds. The minimum Gasteiger partial charge on any atom is -0.384 e. The van der Waals surface area contributed by atoms with E-state index in [9.17, 15) is 10.1 Å². The second kappa shape index (κ2) is 4.92. The molecular weight excluding hydrogens is 258 g/mol. The number of nitrogen functional groups attached to an aromatic ring is 1. The monoisotopic (exact) mass is 267 g/mol. The van der Waals surface area contributed by atoms with E-state index in [0.717, 1.165) is 0 Å². The molecule has 1 aromatic heterocycles. The van der Waals surface area contributed by atoms with E-state index in [4.69, 9.17) is 17.3 Å². The third kappa shape index (κ3) is 2.35. The Morgan fingerprint density at radius 1 is 1.56 bits per heavy atom. The van der Waals surface area contributed by atoms with E-state index in [0.29, 0.717) is 17.9 Å². The smallest absolute Gasteiger partial charge is 0.293 e. The number of nitro groups is 1. The quantitative estimate of drug-likeness (QED) is 0.581. The predicted molar refractivity (Wildman–Crippen MR) is 68.4 cm³/mol. The number of nitrogens with zero attached hydrogens (tertiary/aromatic N) is 2. The summed E-state index contributed by atoms with van der Waals surface area (Å²) in [5.41, 5.74) is 6.52. The summed E-state index contributed by atoms with van der Waals surface area (Å²) >= 11 is 5.93. The van der Waals surface area contributed by atoms with Crippen molar-refractivity contribution in [3.63, 3.8) is 0 Å². The Morgan fingerprint density at radius 3 is 2.94 bits per heavy atom. The molecule has 4 N–H and O–H groups in total. The minimum absolute atomic E-state index is 0.0791. The molecule has 0 fully saturated rings. The lowest BCUT2D eigenvalue weighted by molar-refractivity contribution is -0.383. The van der Waals surface area contributed by atoms with Crippen LogP contribution in [-0.4, -0.2) is 15.1 Å². The number of H-pyrrole nitrogens is 1. The molecule has 0 radical (unpaired) electrons. The van der Waals surface area contributed by atoms with Crippen LogP contribution < -0.4 is 11.1 Å². The van der Waals surface area contributed by atoms with Crippen LogP contribution in [0.25, 0.3) is 0 Å². The third-order valence-electron chi connectivity index (χ3n) is 2.40. The van der Waals surface area contributed by atoms with Gasteiger partial charge in [0.25, 0.3) is 5.69 Å². The number of hydrogen-bond donors (Lipinski definition) is 3. The molecule has 0 saturated carbocycles. The SMILES string of the molecule is Nc1[nH]ncc1CNc1c(Cl)cccc1[N+](=O)[O-]. The Morgan fingerprint density at radius 2 is 2.33 bits per heavy atom. The second-order valence-corrected chi connectivity index (χ2v) is 3.96. The summed E-state index contributed by atoms with van der Waals surface area (Å²) in [6, 6.07) is 4.49. The molecule has 94 valence electrons. The van der Waals surface area contributed by atoms with E-state index >= 15 is 0 Å². The Bertz CT molecular complexity index is 583. The third-order valence-corrected chi connectivity index (χ3v) is 2.71. The first kappa shape index (κ1) is 12.2. The van der Waals surface area contributed by atoms with Gasteiger partial charge in [-0.2, -0.15) is 5.10 Å². The Hall–Kier alpha value is -2.28. The van der Waals surface area contributed by atoms with Gasteiger partial charge in [0.1, 0.15) is 11.5 Å². The Balaban J connectivity index is 2.24. The van der Waals surface area contributed by atoms with Gasteiger partial charge in [0.05, 0.1) is 16.1 Å². The molecule has 0 spiro atoms. The van der Waals surface area contributed by atoms with Crippen LogP contribution in [0.1, 0.15) is 5.56 Å². The molecule has 0 atom stereocenters. The summed E-state index contributed by atoms with van der Waals surface area (Å²) < 4.78 is 0. The molecule has 0 aliphatic carbocycles. The number of anilines is 2. The van der Waals surface area contributed by atoms with Crippen LogP contribution in [0.4, 0.5) is 17.2 Å². The summed E-state index contributed by atoms with van der Waals surface area (Å²) in [5, 5.41) is 20.4. The summed E-state index contributed by atoms with van der Waals surface area (Å²) in [7, 11) is 0. The normalized spacial score (nSPS) is 10.3. The van der Waals surface area contributed by atoms with Crippen molar-refractivity contribution < 1.29 is 4.92 Å². The Kier molecular flexibility index (Phi) is 3.33. The maximum absolute atomic E-state index is 10.9. The van der Waals surface area contributed by atoms with Gasteiger partial charge in [-0.3, -0.25) is 15.2 Å². The van der Waals surface area contributed by atoms with Crippen molar-refractivity contribution in [2.75, 3.05) is 11.1 Å². The number of nitrogens with one attached hydrogen (secondary N) is 2. The lowest BCUT2D eigenvalue weighted by Gasteiger charge is -2.08. The maximum atomic E-state index is 10.9. The summed E-state index contributed by atoms with van der Waals surface area (Å²) in [6.07, 6.45) is 1.55. The lowest BCUT2D eigenvalue weighted by atomic mass is 10.2. The molecule has 18 heavy (non-hydrogen) atoms. The van der Waals surface area contributed by atoms with E-state index < -0.39 is 4.92 Å². The van der Waals surface area contributed by atoms with Crippen LogP contribution in [0.15, 0.2) is 24.4 Å². The average Bonchev–Trinajstić information content (AvgIpc) is 2.73. The summed E-state index contributed by atoms with van der Waals surface area (Å²) in [5.74, 6) is 0.414. The number of aromatic amines is 1. The first-order valence-corrected chi connectivity index (χ1v) is 5.42. The van der Waals surface area contributed by atoms with Gasteiger partial charge >= 0.3 is 0 Å². The first-order valence-electron chi connectivity index (χ1n) is 5.04. The molecule has 2 rings (SSSR count). The molecule has 8 heteroatoms. The zero-order valence-electron chi connectivity index (χ0n) is 9.18. The van der Waals surface area contributed by atoms with E-state index in [1.807, 2.05) is 0 Å². The number of aromatic nitrogens is 2. The molecule has 1 aromatic carbocycles. The molecule has 0 unspecified atom stereocenters. The molecule has 0 bridgehead atoms. The van der Waals surface area contributed by atoms with Gasteiger partial charge in [-0.25, -0.2) is 0 Å². The highest BCUT2D eigenvalue weighted by atomic mass is 35.5. The van der Waals surface area contributed by atoms with E-state index in [-0.39, 0.29) is 16.4 Å². The van der Waals surface area contributed by atoms with Crippen LogP contribution in [0.2, 0.25) is 5.02 Å². The molecule has 0 aliphatic heterocycles. The van der Waals surface area contributed by atoms with Crippen molar-refractivity contribution in [3.05, 3.63) is 45.1 Å². The lowest BCUT2D eigenvalue weighted by Crippen LogP contribution is -2.04. The van der Waals surface area contributed by atoms with Crippen molar-refractivity contribution in [2.24, 2.45) is 0 Å². The second-order valence-electron chi connectivity index (χ2n) is 3.55. The molecule has 0 saturated heterocycles. The van der Waals surface area contributed by atoms with Gasteiger partial charge in [-0.1, -0.05) is 17.7 Å². The van der Waals surface area contributed by atoms with Gasteiger partial charge in [0, 0.05) is 18.2 Å². The summed E-state index contributed by atoms with van der Waals surface area (Å²) in [4.78, 5) is 10.4. The molecule has 1 heterocycles. The molecule has 2 aromatic rings. The predicted octanol–water partition coefficient (Wildman–Crippen LogP) is 2.17. The van der Waals surface area contributed by atoms with E-state index in [2.05, 4.69) is 15.5 Å². The van der Waals surface area contributed by atoms with Gasteiger partial charge in [0.2, 0.25) is 0 Å². The van der Waals surface area contributed by atoms with Crippen LogP contribution >= 0.6 is 11.6 Å². The number of hydrogen-bond acceptors (Lipinski definition) is 5. The number of rotatable bonds is 4. The van der Waals surface area contributed by atoms with Crippen molar-refractivity contribution >= 4 is 28.8 Å². The van der Waals surface area contributed by atoms with Gasteiger partial charge in [0.15, 0.2) is 0 Å².